The van der Waals surface area contributed by atoms with E-state index < -0.39 is 0 Å². The molecule has 5 nitrogen and oxygen atoms in total. The van der Waals surface area contributed by atoms with Crippen molar-refractivity contribution in [3.8, 4) is 0 Å². The highest BCUT2D eigenvalue weighted by atomic mass is 16.5. The molecule has 1 aromatic carbocycles. The molecule has 0 unspecified atom stereocenters. The molecule has 104 valence electrons. The van der Waals surface area contributed by atoms with Gasteiger partial charge in [-0.1, -0.05) is 18.2 Å². The molecule has 0 saturated carbocycles. The fraction of sp³-hybridized carbons (Fsp3) is 0.429. The summed E-state index contributed by atoms with van der Waals surface area (Å²) in [5.41, 5.74) is 0.544. The van der Waals surface area contributed by atoms with Gasteiger partial charge in [-0.3, -0.25) is 4.79 Å². The fourth-order valence-electron chi connectivity index (χ4n) is 1.42. The maximum atomic E-state index is 11.6. The molecule has 0 amide bonds. The molecule has 0 fully saturated rings. The average molecular weight is 265 g/mol. The summed E-state index contributed by atoms with van der Waals surface area (Å²) >= 11 is 0. The first-order valence-corrected chi connectivity index (χ1v) is 6.32. The molecular weight excluding hydrogens is 246 g/mol. The number of benzene rings is 1. The zero-order valence-corrected chi connectivity index (χ0v) is 11.1. The third-order valence-corrected chi connectivity index (χ3v) is 2.32. The van der Waals surface area contributed by atoms with Crippen LogP contribution in [0.1, 0.15) is 23.7 Å². The van der Waals surface area contributed by atoms with E-state index in [2.05, 4.69) is 5.32 Å². The van der Waals surface area contributed by atoms with Crippen molar-refractivity contribution in [3.05, 3.63) is 35.9 Å². The van der Waals surface area contributed by atoms with Crippen LogP contribution >= 0.6 is 0 Å². The quantitative estimate of drug-likeness (QED) is 0.568. The van der Waals surface area contributed by atoms with E-state index in [-0.39, 0.29) is 18.5 Å². The summed E-state index contributed by atoms with van der Waals surface area (Å²) in [7, 11) is 0. The summed E-state index contributed by atoms with van der Waals surface area (Å²) in [4.78, 5) is 22.6. The smallest absolute Gasteiger partial charge is 0.338 e. The number of hydrogen-bond acceptors (Lipinski definition) is 5. The Hall–Kier alpha value is -1.88. The van der Waals surface area contributed by atoms with E-state index in [0.29, 0.717) is 31.7 Å². The van der Waals surface area contributed by atoms with E-state index in [0.717, 1.165) is 0 Å². The van der Waals surface area contributed by atoms with Gasteiger partial charge in [-0.15, -0.1) is 0 Å². The van der Waals surface area contributed by atoms with Crippen molar-refractivity contribution in [3.63, 3.8) is 0 Å². The van der Waals surface area contributed by atoms with Gasteiger partial charge in [-0.05, 0) is 32.0 Å². The van der Waals surface area contributed by atoms with Gasteiger partial charge in [0.1, 0.15) is 0 Å². The number of ether oxygens (including phenoxy) is 2. The summed E-state index contributed by atoms with van der Waals surface area (Å²) in [6.45, 7) is 3.25. The zero-order valence-electron chi connectivity index (χ0n) is 11.1. The lowest BCUT2D eigenvalue weighted by atomic mass is 10.2. The second kappa shape index (κ2) is 9.10. The van der Waals surface area contributed by atoms with E-state index >= 15 is 0 Å². The van der Waals surface area contributed by atoms with Crippen LogP contribution in [0.4, 0.5) is 0 Å². The molecule has 0 spiro atoms. The molecule has 0 aliphatic rings. The van der Waals surface area contributed by atoms with Gasteiger partial charge in [0.25, 0.3) is 0 Å². The van der Waals surface area contributed by atoms with Crippen molar-refractivity contribution < 1.29 is 19.1 Å². The van der Waals surface area contributed by atoms with Crippen LogP contribution in [0.25, 0.3) is 0 Å². The number of esters is 2. The van der Waals surface area contributed by atoms with Gasteiger partial charge in [0, 0.05) is 0 Å². The second-order valence-electron chi connectivity index (χ2n) is 3.84. The lowest BCUT2D eigenvalue weighted by Crippen LogP contribution is -2.26. The van der Waals surface area contributed by atoms with Crippen molar-refractivity contribution in [1.82, 2.24) is 5.32 Å². The molecule has 0 saturated heterocycles. The van der Waals surface area contributed by atoms with Gasteiger partial charge in [0.2, 0.25) is 0 Å². The van der Waals surface area contributed by atoms with Crippen molar-refractivity contribution in [2.24, 2.45) is 0 Å². The van der Waals surface area contributed by atoms with Crippen LogP contribution in [0.3, 0.4) is 0 Å². The summed E-state index contributed by atoms with van der Waals surface area (Å²) in [6.07, 6.45) is 0.651. The maximum Gasteiger partial charge on any atom is 0.338 e. The Kier molecular flexibility index (Phi) is 7.27. The van der Waals surface area contributed by atoms with E-state index in [9.17, 15) is 9.59 Å². The monoisotopic (exact) mass is 265 g/mol. The Bertz CT molecular complexity index is 392. The molecule has 0 radical (unpaired) electrons. The number of hydrogen-bond donors (Lipinski definition) is 1. The van der Waals surface area contributed by atoms with Gasteiger partial charge in [-0.25, -0.2) is 4.79 Å². The Morgan fingerprint density at radius 2 is 1.89 bits per heavy atom. The Balaban J connectivity index is 2.05. The van der Waals surface area contributed by atoms with Gasteiger partial charge in [0.05, 0.1) is 25.3 Å². The Labute approximate surface area is 112 Å². The Morgan fingerprint density at radius 3 is 2.58 bits per heavy atom. The van der Waals surface area contributed by atoms with Gasteiger partial charge < -0.3 is 14.8 Å². The zero-order chi connectivity index (χ0) is 13.9. The molecule has 0 aliphatic heterocycles. The van der Waals surface area contributed by atoms with Crippen LogP contribution in [0.2, 0.25) is 0 Å². The highest BCUT2D eigenvalue weighted by Crippen LogP contribution is 2.01. The third-order valence-electron chi connectivity index (χ3n) is 2.32. The molecule has 1 rings (SSSR count). The molecule has 0 aromatic heterocycles. The van der Waals surface area contributed by atoms with Crippen molar-refractivity contribution in [2.75, 3.05) is 26.3 Å². The first kappa shape index (κ1) is 15.2. The highest BCUT2D eigenvalue weighted by Gasteiger charge is 2.05. The minimum Gasteiger partial charge on any atom is -0.465 e. The summed E-state index contributed by atoms with van der Waals surface area (Å²) in [5, 5.41) is 2.92. The van der Waals surface area contributed by atoms with Crippen molar-refractivity contribution >= 4 is 11.9 Å². The molecule has 19 heavy (non-hydrogen) atoms. The molecule has 0 atom stereocenters. The standard InChI is InChI=1S/C14H19NO4/c1-2-18-13(16)11-15-9-6-10-19-14(17)12-7-4-3-5-8-12/h3-5,7-8,15H,2,6,9-11H2,1H3. The predicted molar refractivity (Wildman–Crippen MR) is 70.8 cm³/mol. The van der Waals surface area contributed by atoms with Crippen LogP contribution in [-0.4, -0.2) is 38.2 Å². The number of carbonyl (C=O) groups excluding carboxylic acids is 2. The SMILES string of the molecule is CCOC(=O)CNCCCOC(=O)c1ccccc1. The van der Waals surface area contributed by atoms with E-state index in [1.54, 1.807) is 31.2 Å². The van der Waals surface area contributed by atoms with E-state index in [1.807, 2.05) is 6.07 Å². The van der Waals surface area contributed by atoms with Crippen LogP contribution in [0.15, 0.2) is 30.3 Å². The molecule has 1 N–H and O–H groups in total. The molecule has 0 bridgehead atoms. The van der Waals surface area contributed by atoms with E-state index in [1.165, 1.54) is 0 Å². The fourth-order valence-corrected chi connectivity index (χ4v) is 1.42. The molecule has 0 aliphatic carbocycles. The van der Waals surface area contributed by atoms with Crippen LogP contribution < -0.4 is 5.32 Å². The third kappa shape index (κ3) is 6.57. The first-order chi connectivity index (χ1) is 9.24. The minimum absolute atomic E-state index is 0.181. The van der Waals surface area contributed by atoms with Gasteiger partial charge in [-0.2, -0.15) is 0 Å². The molecule has 0 heterocycles. The predicted octanol–water partition coefficient (Wildman–Crippen LogP) is 1.39. The molecule has 1 aromatic rings. The lowest BCUT2D eigenvalue weighted by molar-refractivity contribution is -0.142. The normalized spacial score (nSPS) is 9.95. The van der Waals surface area contributed by atoms with Gasteiger partial charge >= 0.3 is 11.9 Å². The van der Waals surface area contributed by atoms with E-state index in [4.69, 9.17) is 9.47 Å². The van der Waals surface area contributed by atoms with Crippen LogP contribution in [-0.2, 0) is 14.3 Å². The van der Waals surface area contributed by atoms with Crippen molar-refractivity contribution in [1.29, 1.82) is 0 Å². The van der Waals surface area contributed by atoms with Gasteiger partial charge in [0.15, 0.2) is 0 Å². The number of carbonyl (C=O) groups is 2. The lowest BCUT2D eigenvalue weighted by Gasteiger charge is -2.06. The topological polar surface area (TPSA) is 64.6 Å². The summed E-state index contributed by atoms with van der Waals surface area (Å²) < 4.78 is 9.85. The summed E-state index contributed by atoms with van der Waals surface area (Å²) in [5.74, 6) is -0.602. The number of nitrogens with one attached hydrogen (secondary N) is 1. The van der Waals surface area contributed by atoms with Crippen LogP contribution in [0.5, 0.6) is 0 Å². The minimum atomic E-state index is -0.328. The first-order valence-electron chi connectivity index (χ1n) is 6.32. The highest BCUT2D eigenvalue weighted by molar-refractivity contribution is 5.89. The average Bonchev–Trinajstić information content (AvgIpc) is 2.43. The largest absolute Gasteiger partial charge is 0.465 e. The maximum absolute atomic E-state index is 11.6. The van der Waals surface area contributed by atoms with Crippen molar-refractivity contribution in [2.45, 2.75) is 13.3 Å². The Morgan fingerprint density at radius 1 is 1.16 bits per heavy atom. The van der Waals surface area contributed by atoms with Crippen LogP contribution in [0, 0.1) is 0 Å². The molecule has 5 heteroatoms. The number of rotatable bonds is 8. The molecular formula is C14H19NO4. The summed E-state index contributed by atoms with van der Waals surface area (Å²) in [6, 6.07) is 8.84. The second-order valence-corrected chi connectivity index (χ2v) is 3.84.